The molecule has 2 aromatic heterocycles. The van der Waals surface area contributed by atoms with Gasteiger partial charge in [-0.2, -0.15) is 10.4 Å². The van der Waals surface area contributed by atoms with Gasteiger partial charge in [0.1, 0.15) is 5.69 Å². The van der Waals surface area contributed by atoms with Crippen molar-refractivity contribution in [2.45, 2.75) is 26.9 Å². The monoisotopic (exact) mass is 315 g/mol. The molecular formula is C19H17N5. The Labute approximate surface area is 139 Å². The summed E-state index contributed by atoms with van der Waals surface area (Å²) in [5.41, 5.74) is 4.49. The molecule has 0 atom stereocenters. The molecule has 0 unspecified atom stereocenters. The second-order valence-corrected chi connectivity index (χ2v) is 5.68. The van der Waals surface area contributed by atoms with E-state index >= 15 is 0 Å². The number of nitrogens with zero attached hydrogens (tertiary/aromatic N) is 5. The van der Waals surface area contributed by atoms with Crippen LogP contribution in [0.4, 0.5) is 0 Å². The number of imidazole rings is 1. The number of para-hydroxylation sites is 1. The van der Waals surface area contributed by atoms with Crippen molar-refractivity contribution >= 4 is 21.9 Å². The fourth-order valence-corrected chi connectivity index (χ4v) is 3.23. The van der Waals surface area contributed by atoms with Crippen LogP contribution in [0.2, 0.25) is 0 Å². The third-order valence-corrected chi connectivity index (χ3v) is 4.36. The maximum Gasteiger partial charge on any atom is 0.162 e. The predicted octanol–water partition coefficient (Wildman–Crippen LogP) is 3.96. The third-order valence-electron chi connectivity index (χ3n) is 4.36. The van der Waals surface area contributed by atoms with Crippen LogP contribution in [0.25, 0.3) is 33.5 Å². The Kier molecular flexibility index (Phi) is 3.31. The number of hydrogen-bond acceptors (Lipinski definition) is 3. The minimum atomic E-state index is 0.624. The number of hydrogen-bond donors (Lipinski definition) is 0. The second-order valence-electron chi connectivity index (χ2n) is 5.68. The molecule has 0 amide bonds. The highest BCUT2D eigenvalue weighted by Gasteiger charge is 2.18. The van der Waals surface area contributed by atoms with Crippen molar-refractivity contribution in [2.24, 2.45) is 0 Å². The Bertz CT molecular complexity index is 1090. The first-order valence-electron chi connectivity index (χ1n) is 8.13. The summed E-state index contributed by atoms with van der Waals surface area (Å²) < 4.78 is 4.16. The standard InChI is InChI=1S/C19H17N5/c1-3-23-17-10-9-13(12-20)11-15(17)21-19(23)18-14-7-5-6-8-16(14)24(4-2)22-18/h5-11H,3-4H2,1-2H3. The molecule has 0 aliphatic heterocycles. The Morgan fingerprint density at radius 3 is 2.62 bits per heavy atom. The highest BCUT2D eigenvalue weighted by atomic mass is 15.3. The van der Waals surface area contributed by atoms with Crippen molar-refractivity contribution < 1.29 is 0 Å². The Balaban J connectivity index is 2.05. The van der Waals surface area contributed by atoms with Gasteiger partial charge in [-0.1, -0.05) is 18.2 Å². The quantitative estimate of drug-likeness (QED) is 0.575. The van der Waals surface area contributed by atoms with Gasteiger partial charge in [-0.3, -0.25) is 4.68 Å². The molecule has 2 heterocycles. The smallest absolute Gasteiger partial charge is 0.162 e. The molecule has 0 spiro atoms. The van der Waals surface area contributed by atoms with Gasteiger partial charge in [0.25, 0.3) is 0 Å². The molecule has 4 rings (SSSR count). The summed E-state index contributed by atoms with van der Waals surface area (Å²) >= 11 is 0. The van der Waals surface area contributed by atoms with Crippen molar-refractivity contribution in [3.8, 4) is 17.6 Å². The van der Waals surface area contributed by atoms with Crippen LogP contribution < -0.4 is 0 Å². The number of aryl methyl sites for hydroxylation is 2. The first-order chi connectivity index (χ1) is 11.8. The molecule has 5 nitrogen and oxygen atoms in total. The van der Waals surface area contributed by atoms with E-state index in [0.717, 1.165) is 46.5 Å². The van der Waals surface area contributed by atoms with E-state index in [9.17, 15) is 0 Å². The first kappa shape index (κ1) is 14.5. The number of fused-ring (bicyclic) bond motifs is 2. The van der Waals surface area contributed by atoms with E-state index in [-0.39, 0.29) is 0 Å². The summed E-state index contributed by atoms with van der Waals surface area (Å²) in [6.45, 7) is 5.80. The Hall–Kier alpha value is -3.13. The molecule has 118 valence electrons. The first-order valence-corrected chi connectivity index (χ1v) is 8.13. The topological polar surface area (TPSA) is 59.4 Å². The Morgan fingerprint density at radius 2 is 1.88 bits per heavy atom. The van der Waals surface area contributed by atoms with E-state index in [1.165, 1.54) is 0 Å². The number of rotatable bonds is 3. The summed E-state index contributed by atoms with van der Waals surface area (Å²) in [6, 6.07) is 16.0. The SMILES string of the molecule is CCn1nc(-c2nc3cc(C#N)ccc3n2CC)c2ccccc21. The summed E-state index contributed by atoms with van der Waals surface area (Å²) in [5, 5.41) is 15.0. The van der Waals surface area contributed by atoms with Gasteiger partial charge in [0, 0.05) is 18.5 Å². The zero-order valence-corrected chi connectivity index (χ0v) is 13.7. The van der Waals surface area contributed by atoms with E-state index in [2.05, 4.69) is 36.6 Å². The van der Waals surface area contributed by atoms with Gasteiger partial charge in [0.15, 0.2) is 5.82 Å². The molecule has 0 bridgehead atoms. The largest absolute Gasteiger partial charge is 0.323 e. The molecule has 24 heavy (non-hydrogen) atoms. The van der Waals surface area contributed by atoms with Gasteiger partial charge < -0.3 is 4.57 Å². The fraction of sp³-hybridized carbons (Fsp3) is 0.211. The summed E-state index contributed by atoms with van der Waals surface area (Å²) in [7, 11) is 0. The van der Waals surface area contributed by atoms with Gasteiger partial charge in [-0.15, -0.1) is 0 Å². The molecule has 2 aromatic carbocycles. The van der Waals surface area contributed by atoms with E-state index in [4.69, 9.17) is 15.3 Å². The lowest BCUT2D eigenvalue weighted by molar-refractivity contribution is 0.682. The van der Waals surface area contributed by atoms with Crippen LogP contribution >= 0.6 is 0 Å². The van der Waals surface area contributed by atoms with Crippen LogP contribution in [-0.4, -0.2) is 19.3 Å². The summed E-state index contributed by atoms with van der Waals surface area (Å²) in [6.07, 6.45) is 0. The molecule has 0 saturated carbocycles. The highest BCUT2D eigenvalue weighted by molar-refractivity contribution is 5.94. The van der Waals surface area contributed by atoms with Gasteiger partial charge in [-0.25, -0.2) is 4.98 Å². The van der Waals surface area contributed by atoms with Crippen LogP contribution in [0.1, 0.15) is 19.4 Å². The summed E-state index contributed by atoms with van der Waals surface area (Å²) in [4.78, 5) is 4.80. The van der Waals surface area contributed by atoms with Crippen molar-refractivity contribution in [1.29, 1.82) is 5.26 Å². The number of aromatic nitrogens is 4. The van der Waals surface area contributed by atoms with Gasteiger partial charge in [0.05, 0.1) is 28.2 Å². The maximum atomic E-state index is 9.12. The number of benzene rings is 2. The van der Waals surface area contributed by atoms with Crippen LogP contribution in [0.3, 0.4) is 0 Å². The predicted molar refractivity (Wildman–Crippen MR) is 94.5 cm³/mol. The van der Waals surface area contributed by atoms with Crippen LogP contribution in [0.15, 0.2) is 42.5 Å². The van der Waals surface area contributed by atoms with Crippen molar-refractivity contribution in [2.75, 3.05) is 0 Å². The molecule has 4 aromatic rings. The van der Waals surface area contributed by atoms with E-state index in [0.29, 0.717) is 5.56 Å². The van der Waals surface area contributed by atoms with Crippen molar-refractivity contribution in [3.05, 3.63) is 48.0 Å². The maximum absolute atomic E-state index is 9.12. The zero-order chi connectivity index (χ0) is 16.7. The Morgan fingerprint density at radius 1 is 1.04 bits per heavy atom. The van der Waals surface area contributed by atoms with E-state index in [1.54, 1.807) is 0 Å². The van der Waals surface area contributed by atoms with Gasteiger partial charge >= 0.3 is 0 Å². The average Bonchev–Trinajstić information content (AvgIpc) is 3.18. The lowest BCUT2D eigenvalue weighted by atomic mass is 10.2. The molecule has 0 fully saturated rings. The van der Waals surface area contributed by atoms with Gasteiger partial charge in [-0.05, 0) is 38.1 Å². The molecule has 0 aliphatic carbocycles. The number of nitriles is 1. The van der Waals surface area contributed by atoms with Crippen LogP contribution in [-0.2, 0) is 13.1 Å². The molecule has 0 N–H and O–H groups in total. The fourth-order valence-electron chi connectivity index (χ4n) is 3.23. The van der Waals surface area contributed by atoms with Gasteiger partial charge in [0.2, 0.25) is 0 Å². The zero-order valence-electron chi connectivity index (χ0n) is 13.7. The average molecular weight is 315 g/mol. The lowest BCUT2D eigenvalue weighted by Gasteiger charge is -2.04. The van der Waals surface area contributed by atoms with Crippen molar-refractivity contribution in [1.82, 2.24) is 19.3 Å². The minimum Gasteiger partial charge on any atom is -0.323 e. The molecular weight excluding hydrogens is 298 g/mol. The normalized spacial score (nSPS) is 11.2. The lowest BCUT2D eigenvalue weighted by Crippen LogP contribution is -2.00. The minimum absolute atomic E-state index is 0.624. The van der Waals surface area contributed by atoms with E-state index < -0.39 is 0 Å². The van der Waals surface area contributed by atoms with Crippen LogP contribution in [0, 0.1) is 11.3 Å². The van der Waals surface area contributed by atoms with Crippen molar-refractivity contribution in [3.63, 3.8) is 0 Å². The molecule has 5 heteroatoms. The summed E-state index contributed by atoms with van der Waals surface area (Å²) in [5.74, 6) is 0.853. The molecule has 0 aliphatic rings. The highest BCUT2D eigenvalue weighted by Crippen LogP contribution is 2.30. The second kappa shape index (κ2) is 5.50. The third kappa shape index (κ3) is 2.00. The van der Waals surface area contributed by atoms with E-state index in [1.807, 2.05) is 35.0 Å². The molecule has 0 saturated heterocycles. The van der Waals surface area contributed by atoms with Crippen LogP contribution in [0.5, 0.6) is 0 Å². The molecule has 0 radical (unpaired) electrons.